The number of amides is 3. The third-order valence-corrected chi connectivity index (χ3v) is 4.08. The molecular weight excluding hydrogens is 426 g/mol. The first-order valence-electron chi connectivity index (χ1n) is 9.23. The van der Waals surface area contributed by atoms with Crippen LogP contribution in [-0.4, -0.2) is 35.6 Å². The molecule has 0 fully saturated rings. The van der Waals surface area contributed by atoms with Gasteiger partial charge in [0, 0.05) is 10.2 Å². The highest BCUT2D eigenvalue weighted by Gasteiger charge is 2.27. The van der Waals surface area contributed by atoms with E-state index in [1.165, 1.54) is 0 Å². The second-order valence-corrected chi connectivity index (χ2v) is 8.97. The number of nitrogens with one attached hydrogen (secondary N) is 3. The van der Waals surface area contributed by atoms with E-state index in [4.69, 9.17) is 4.74 Å². The molecule has 8 heteroatoms. The smallest absolute Gasteiger partial charge is 0.328 e. The van der Waals surface area contributed by atoms with Crippen LogP contribution in [0.2, 0.25) is 0 Å². The van der Waals surface area contributed by atoms with Crippen molar-refractivity contribution in [2.24, 2.45) is 5.92 Å². The van der Waals surface area contributed by atoms with Crippen LogP contribution < -0.4 is 16.0 Å². The van der Waals surface area contributed by atoms with Gasteiger partial charge in [0.25, 0.3) is 0 Å². The Bertz CT molecular complexity index is 684. The predicted molar refractivity (Wildman–Crippen MR) is 113 cm³/mol. The minimum Gasteiger partial charge on any atom is -0.458 e. The fourth-order valence-electron chi connectivity index (χ4n) is 2.32. The highest BCUT2D eigenvalue weighted by Crippen LogP contribution is 2.14. The minimum absolute atomic E-state index is 0.167. The number of esters is 1. The Labute approximate surface area is 175 Å². The molecule has 156 valence electrons. The van der Waals surface area contributed by atoms with Gasteiger partial charge in [-0.25, -0.2) is 9.59 Å². The number of hydrogen-bond acceptors (Lipinski definition) is 4. The number of anilines is 1. The van der Waals surface area contributed by atoms with E-state index in [1.54, 1.807) is 52.0 Å². The van der Waals surface area contributed by atoms with E-state index in [9.17, 15) is 14.4 Å². The minimum atomic E-state index is -0.822. The Morgan fingerprint density at radius 2 is 1.61 bits per heavy atom. The maximum atomic E-state index is 12.6. The average Bonchev–Trinajstić information content (AvgIpc) is 2.54. The van der Waals surface area contributed by atoms with Crippen molar-refractivity contribution in [3.63, 3.8) is 0 Å². The summed E-state index contributed by atoms with van der Waals surface area (Å²) in [5, 5.41) is 7.99. The fraction of sp³-hybridized carbons (Fsp3) is 0.550. The summed E-state index contributed by atoms with van der Waals surface area (Å²) in [7, 11) is 0. The van der Waals surface area contributed by atoms with Crippen molar-refractivity contribution >= 4 is 39.5 Å². The Morgan fingerprint density at radius 3 is 2.11 bits per heavy atom. The second-order valence-electron chi connectivity index (χ2n) is 8.05. The van der Waals surface area contributed by atoms with Crippen LogP contribution in [0.5, 0.6) is 0 Å². The summed E-state index contributed by atoms with van der Waals surface area (Å²) in [4.78, 5) is 37.0. The van der Waals surface area contributed by atoms with E-state index in [1.807, 2.05) is 13.8 Å². The van der Waals surface area contributed by atoms with Crippen molar-refractivity contribution in [2.45, 2.75) is 65.6 Å². The van der Waals surface area contributed by atoms with E-state index >= 15 is 0 Å². The maximum Gasteiger partial charge on any atom is 0.328 e. The molecule has 1 aromatic carbocycles. The molecule has 0 aromatic heterocycles. The number of halogens is 1. The number of rotatable bonds is 7. The van der Waals surface area contributed by atoms with Crippen LogP contribution in [-0.2, 0) is 14.3 Å². The van der Waals surface area contributed by atoms with Crippen molar-refractivity contribution in [1.29, 1.82) is 0 Å². The molecule has 7 nitrogen and oxygen atoms in total. The zero-order valence-electron chi connectivity index (χ0n) is 17.3. The predicted octanol–water partition coefficient (Wildman–Crippen LogP) is 3.83. The van der Waals surface area contributed by atoms with E-state index < -0.39 is 35.6 Å². The summed E-state index contributed by atoms with van der Waals surface area (Å²) < 4.78 is 6.17. The molecule has 28 heavy (non-hydrogen) atoms. The van der Waals surface area contributed by atoms with Gasteiger partial charge in [-0.15, -0.1) is 0 Å². The molecular formula is C20H30BrN3O4. The lowest BCUT2D eigenvalue weighted by Crippen LogP contribution is -2.52. The molecule has 0 aliphatic carbocycles. The van der Waals surface area contributed by atoms with Gasteiger partial charge in [-0.1, -0.05) is 29.8 Å². The summed E-state index contributed by atoms with van der Waals surface area (Å²) >= 11 is 3.33. The first-order chi connectivity index (χ1) is 12.9. The molecule has 3 N–H and O–H groups in total. The van der Waals surface area contributed by atoms with Crippen LogP contribution in [0.3, 0.4) is 0 Å². The second kappa shape index (κ2) is 10.5. The zero-order valence-corrected chi connectivity index (χ0v) is 18.8. The number of carbonyl (C=O) groups is 3. The number of carbonyl (C=O) groups excluding carboxylic acids is 3. The summed E-state index contributed by atoms with van der Waals surface area (Å²) in [6.45, 7) is 10.7. The Hall–Kier alpha value is -2.09. The summed E-state index contributed by atoms with van der Waals surface area (Å²) in [5.41, 5.74) is -0.0394. The van der Waals surface area contributed by atoms with Crippen LogP contribution in [0.1, 0.15) is 48.0 Å². The van der Waals surface area contributed by atoms with Crippen molar-refractivity contribution < 1.29 is 19.1 Å². The van der Waals surface area contributed by atoms with E-state index in [2.05, 4.69) is 31.9 Å². The van der Waals surface area contributed by atoms with Gasteiger partial charge in [0.2, 0.25) is 5.91 Å². The van der Waals surface area contributed by atoms with E-state index in [0.717, 1.165) is 4.47 Å². The number of urea groups is 1. The van der Waals surface area contributed by atoms with E-state index in [0.29, 0.717) is 12.1 Å². The SMILES string of the molecule is CC(C)CC(NC(=O)Nc1ccc(Br)cc1)C(=O)NC(C)C(=O)OC(C)(C)C. The van der Waals surface area contributed by atoms with Gasteiger partial charge in [0.1, 0.15) is 17.7 Å². The molecule has 0 spiro atoms. The fourth-order valence-corrected chi connectivity index (χ4v) is 2.59. The average molecular weight is 456 g/mol. The van der Waals surface area contributed by atoms with Crippen LogP contribution in [0.25, 0.3) is 0 Å². The number of ether oxygens (including phenoxy) is 1. The van der Waals surface area contributed by atoms with Gasteiger partial charge in [0.15, 0.2) is 0 Å². The molecule has 0 heterocycles. The maximum absolute atomic E-state index is 12.6. The lowest BCUT2D eigenvalue weighted by molar-refractivity contribution is -0.158. The molecule has 1 aromatic rings. The molecule has 0 bridgehead atoms. The van der Waals surface area contributed by atoms with Crippen molar-refractivity contribution in [3.05, 3.63) is 28.7 Å². The highest BCUT2D eigenvalue weighted by molar-refractivity contribution is 9.10. The lowest BCUT2D eigenvalue weighted by atomic mass is 10.0. The molecule has 1 rings (SSSR count). The van der Waals surface area contributed by atoms with Gasteiger partial charge in [-0.3, -0.25) is 4.79 Å². The van der Waals surface area contributed by atoms with Crippen LogP contribution in [0.4, 0.5) is 10.5 Å². The Morgan fingerprint density at radius 1 is 1.04 bits per heavy atom. The van der Waals surface area contributed by atoms with Crippen LogP contribution in [0, 0.1) is 5.92 Å². The molecule has 0 radical (unpaired) electrons. The van der Waals surface area contributed by atoms with Gasteiger partial charge in [-0.2, -0.15) is 0 Å². The third kappa shape index (κ3) is 9.21. The summed E-state index contributed by atoms with van der Waals surface area (Å²) in [6.07, 6.45) is 0.431. The lowest BCUT2D eigenvalue weighted by Gasteiger charge is -2.25. The number of benzene rings is 1. The van der Waals surface area contributed by atoms with Crippen molar-refractivity contribution in [2.75, 3.05) is 5.32 Å². The van der Waals surface area contributed by atoms with Gasteiger partial charge in [0.05, 0.1) is 0 Å². The van der Waals surface area contributed by atoms with Gasteiger partial charge >= 0.3 is 12.0 Å². The van der Waals surface area contributed by atoms with E-state index in [-0.39, 0.29) is 5.92 Å². The highest BCUT2D eigenvalue weighted by atomic mass is 79.9. The first kappa shape index (κ1) is 23.9. The Balaban J connectivity index is 2.72. The standard InChI is InChI=1S/C20H30BrN3O4/c1-12(2)11-16(17(25)22-13(3)18(26)28-20(4,5)6)24-19(27)23-15-9-7-14(21)8-10-15/h7-10,12-13,16H,11H2,1-6H3,(H,22,25)(H2,23,24,27). The normalized spacial score (nSPS) is 13.4. The first-order valence-corrected chi connectivity index (χ1v) is 10.0. The van der Waals surface area contributed by atoms with Gasteiger partial charge < -0.3 is 20.7 Å². The molecule has 2 unspecified atom stereocenters. The van der Waals surface area contributed by atoms with Crippen LogP contribution >= 0.6 is 15.9 Å². The van der Waals surface area contributed by atoms with Crippen molar-refractivity contribution in [1.82, 2.24) is 10.6 Å². The Kier molecular flexibility index (Phi) is 8.94. The molecule has 3 amide bonds. The number of hydrogen-bond donors (Lipinski definition) is 3. The monoisotopic (exact) mass is 455 g/mol. The summed E-state index contributed by atoms with van der Waals surface area (Å²) in [5.74, 6) is -0.790. The molecule has 0 aliphatic heterocycles. The molecule has 2 atom stereocenters. The zero-order chi connectivity index (χ0) is 21.5. The molecule has 0 aliphatic rings. The van der Waals surface area contributed by atoms with Crippen molar-refractivity contribution in [3.8, 4) is 0 Å². The largest absolute Gasteiger partial charge is 0.458 e. The third-order valence-electron chi connectivity index (χ3n) is 3.55. The molecule has 0 saturated heterocycles. The molecule has 0 saturated carbocycles. The van der Waals surface area contributed by atoms with Crippen LogP contribution in [0.15, 0.2) is 28.7 Å². The topological polar surface area (TPSA) is 96.5 Å². The van der Waals surface area contributed by atoms with Gasteiger partial charge in [-0.05, 0) is 64.3 Å². The quantitative estimate of drug-likeness (QED) is 0.544. The summed E-state index contributed by atoms with van der Waals surface area (Å²) in [6, 6.07) is 5.00.